The molecular formula is C27H33FN4O2. The van der Waals surface area contributed by atoms with Gasteiger partial charge in [0, 0.05) is 50.9 Å². The zero-order valence-electron chi connectivity index (χ0n) is 19.8. The number of likely N-dealkylation sites (tertiary alicyclic amines) is 2. The highest BCUT2D eigenvalue weighted by Crippen LogP contribution is 2.42. The standard InChI is InChI=1S/C27H33FN4O2/c1-29-25(33)24-12-11-21(16-30-24)20-9-7-19(8-10-20)17-31-18-22(28)15-27(31)13-14-32(26(27)34)23-5-3-2-4-6-23/h7-12,16,22-23H,2-6,13-15,17-18H2,1H3,(H,29,33)/t22-,27-/m0/s1. The number of aromatic nitrogens is 1. The first-order chi connectivity index (χ1) is 16.5. The molecule has 2 saturated heterocycles. The van der Waals surface area contributed by atoms with E-state index in [1.54, 1.807) is 19.3 Å². The smallest absolute Gasteiger partial charge is 0.269 e. The molecule has 2 aliphatic heterocycles. The van der Waals surface area contributed by atoms with Crippen LogP contribution in [0.4, 0.5) is 4.39 Å². The van der Waals surface area contributed by atoms with E-state index in [0.29, 0.717) is 31.2 Å². The first-order valence-corrected chi connectivity index (χ1v) is 12.5. The highest BCUT2D eigenvalue weighted by molar-refractivity contribution is 5.92. The van der Waals surface area contributed by atoms with E-state index in [9.17, 15) is 14.0 Å². The fourth-order valence-electron chi connectivity index (χ4n) is 6.04. The second-order valence-corrected chi connectivity index (χ2v) is 9.96. The molecule has 0 unspecified atom stereocenters. The van der Waals surface area contributed by atoms with E-state index in [4.69, 9.17) is 0 Å². The van der Waals surface area contributed by atoms with Crippen molar-refractivity contribution in [1.82, 2.24) is 20.1 Å². The molecule has 5 rings (SSSR count). The number of carbonyl (C=O) groups excluding carboxylic acids is 2. The van der Waals surface area contributed by atoms with Crippen LogP contribution in [0.25, 0.3) is 11.1 Å². The first-order valence-electron chi connectivity index (χ1n) is 12.5. The Morgan fingerprint density at radius 1 is 1.12 bits per heavy atom. The van der Waals surface area contributed by atoms with Crippen LogP contribution in [0.3, 0.4) is 0 Å². The highest BCUT2D eigenvalue weighted by atomic mass is 19.1. The fraction of sp³-hybridized carbons (Fsp3) is 0.519. The van der Waals surface area contributed by atoms with Crippen molar-refractivity contribution in [2.45, 2.75) is 69.2 Å². The lowest BCUT2D eigenvalue weighted by molar-refractivity contribution is -0.139. The number of pyridine rings is 1. The molecular weight excluding hydrogens is 431 g/mol. The van der Waals surface area contributed by atoms with Crippen LogP contribution in [0.1, 0.15) is 61.0 Å². The molecule has 1 N–H and O–H groups in total. The number of alkyl halides is 1. The molecule has 1 aliphatic carbocycles. The molecule has 1 aromatic carbocycles. The van der Waals surface area contributed by atoms with Crippen LogP contribution in [0.5, 0.6) is 0 Å². The third-order valence-electron chi connectivity index (χ3n) is 7.91. The number of nitrogens with one attached hydrogen (secondary N) is 1. The molecule has 3 heterocycles. The van der Waals surface area contributed by atoms with Gasteiger partial charge in [-0.25, -0.2) is 4.39 Å². The van der Waals surface area contributed by atoms with Gasteiger partial charge in [-0.05, 0) is 36.5 Å². The maximum atomic E-state index is 14.7. The van der Waals surface area contributed by atoms with E-state index in [-0.39, 0.29) is 11.8 Å². The van der Waals surface area contributed by atoms with Gasteiger partial charge in [0.25, 0.3) is 5.91 Å². The topological polar surface area (TPSA) is 65.5 Å². The van der Waals surface area contributed by atoms with Gasteiger partial charge in [-0.3, -0.25) is 19.5 Å². The van der Waals surface area contributed by atoms with Crippen molar-refractivity contribution in [2.75, 3.05) is 20.1 Å². The quantitative estimate of drug-likeness (QED) is 0.728. The number of amides is 2. The molecule has 180 valence electrons. The monoisotopic (exact) mass is 464 g/mol. The number of hydrogen-bond acceptors (Lipinski definition) is 4. The lowest BCUT2D eigenvalue weighted by atomic mass is 9.92. The van der Waals surface area contributed by atoms with Crippen molar-refractivity contribution in [3.8, 4) is 11.1 Å². The molecule has 2 amide bonds. The SMILES string of the molecule is CNC(=O)c1ccc(-c2ccc(CN3C[C@@H](F)C[C@]34CCN(C3CCCCC3)C4=O)cc2)cn1. The van der Waals surface area contributed by atoms with Crippen LogP contribution < -0.4 is 5.32 Å². The Hall–Kier alpha value is -2.80. The van der Waals surface area contributed by atoms with Gasteiger partial charge in [0.2, 0.25) is 5.91 Å². The largest absolute Gasteiger partial charge is 0.354 e. The fourth-order valence-corrected chi connectivity index (χ4v) is 6.04. The summed E-state index contributed by atoms with van der Waals surface area (Å²) in [5.41, 5.74) is 2.69. The minimum Gasteiger partial charge on any atom is -0.354 e. The second kappa shape index (κ2) is 9.45. The second-order valence-electron chi connectivity index (χ2n) is 9.96. The summed E-state index contributed by atoms with van der Waals surface area (Å²) in [5.74, 6) is -0.0606. The third kappa shape index (κ3) is 4.22. The Balaban J connectivity index is 1.29. The molecule has 3 fully saturated rings. The zero-order chi connectivity index (χ0) is 23.7. The summed E-state index contributed by atoms with van der Waals surface area (Å²) in [5, 5.41) is 2.57. The minimum absolute atomic E-state index is 0.151. The summed E-state index contributed by atoms with van der Waals surface area (Å²) in [6.07, 6.45) is 7.58. The van der Waals surface area contributed by atoms with Crippen LogP contribution >= 0.6 is 0 Å². The van der Waals surface area contributed by atoms with E-state index in [0.717, 1.165) is 42.5 Å². The predicted molar refractivity (Wildman–Crippen MR) is 129 cm³/mol. The number of hydrogen-bond donors (Lipinski definition) is 1. The summed E-state index contributed by atoms with van der Waals surface area (Å²) in [6, 6.07) is 12.1. The van der Waals surface area contributed by atoms with Crippen LogP contribution in [-0.2, 0) is 11.3 Å². The Morgan fingerprint density at radius 3 is 2.53 bits per heavy atom. The van der Waals surface area contributed by atoms with Crippen LogP contribution in [-0.4, -0.2) is 64.5 Å². The number of carbonyl (C=O) groups is 2. The molecule has 6 nitrogen and oxygen atoms in total. The Morgan fingerprint density at radius 2 is 1.85 bits per heavy atom. The van der Waals surface area contributed by atoms with Gasteiger partial charge in [-0.2, -0.15) is 0 Å². The summed E-state index contributed by atoms with van der Waals surface area (Å²) in [4.78, 5) is 33.7. The molecule has 0 radical (unpaired) electrons. The maximum absolute atomic E-state index is 14.7. The number of nitrogens with zero attached hydrogens (tertiary/aromatic N) is 3. The number of benzene rings is 1. The Bertz CT molecular complexity index is 1040. The number of rotatable bonds is 5. The predicted octanol–water partition coefficient (Wildman–Crippen LogP) is 3.96. The van der Waals surface area contributed by atoms with Crippen molar-refractivity contribution >= 4 is 11.8 Å². The van der Waals surface area contributed by atoms with Gasteiger partial charge in [0.1, 0.15) is 17.4 Å². The van der Waals surface area contributed by atoms with Gasteiger partial charge in [0.15, 0.2) is 0 Å². The normalized spacial score (nSPS) is 25.9. The lowest BCUT2D eigenvalue weighted by Crippen LogP contribution is -2.51. The maximum Gasteiger partial charge on any atom is 0.269 e. The highest BCUT2D eigenvalue weighted by Gasteiger charge is 2.57. The number of halogens is 1. The van der Waals surface area contributed by atoms with Crippen molar-refractivity contribution in [2.24, 2.45) is 0 Å². The lowest BCUT2D eigenvalue weighted by Gasteiger charge is -2.36. The summed E-state index contributed by atoms with van der Waals surface area (Å²) >= 11 is 0. The first kappa shape index (κ1) is 23.0. The summed E-state index contributed by atoms with van der Waals surface area (Å²) in [7, 11) is 1.58. The van der Waals surface area contributed by atoms with Gasteiger partial charge < -0.3 is 10.2 Å². The van der Waals surface area contributed by atoms with Crippen molar-refractivity contribution in [3.05, 3.63) is 53.9 Å². The van der Waals surface area contributed by atoms with Gasteiger partial charge in [0.05, 0.1) is 0 Å². The molecule has 1 saturated carbocycles. The van der Waals surface area contributed by atoms with E-state index >= 15 is 0 Å². The molecule has 7 heteroatoms. The molecule has 34 heavy (non-hydrogen) atoms. The minimum atomic E-state index is -0.959. The van der Waals surface area contributed by atoms with Gasteiger partial charge in [-0.15, -0.1) is 0 Å². The van der Waals surface area contributed by atoms with Crippen LogP contribution in [0, 0.1) is 0 Å². The van der Waals surface area contributed by atoms with E-state index < -0.39 is 11.7 Å². The van der Waals surface area contributed by atoms with Gasteiger partial charge in [-0.1, -0.05) is 49.6 Å². The van der Waals surface area contributed by atoms with Crippen molar-refractivity contribution < 1.29 is 14.0 Å². The molecule has 1 spiro atoms. The van der Waals surface area contributed by atoms with E-state index in [2.05, 4.69) is 20.1 Å². The third-order valence-corrected chi connectivity index (χ3v) is 7.91. The summed E-state index contributed by atoms with van der Waals surface area (Å²) < 4.78 is 14.7. The summed E-state index contributed by atoms with van der Waals surface area (Å²) in [6.45, 7) is 1.64. The molecule has 0 bridgehead atoms. The van der Waals surface area contributed by atoms with E-state index in [1.807, 2.05) is 30.3 Å². The van der Waals surface area contributed by atoms with Crippen LogP contribution in [0.2, 0.25) is 0 Å². The van der Waals surface area contributed by atoms with Gasteiger partial charge >= 0.3 is 0 Å². The molecule has 2 atom stereocenters. The molecule has 2 aromatic rings. The Labute approximate surface area is 200 Å². The van der Waals surface area contributed by atoms with Crippen LogP contribution in [0.15, 0.2) is 42.6 Å². The average molecular weight is 465 g/mol. The molecule has 3 aliphatic rings. The van der Waals surface area contributed by atoms with Crippen molar-refractivity contribution in [1.29, 1.82) is 0 Å². The molecule has 1 aromatic heterocycles. The van der Waals surface area contributed by atoms with Crippen molar-refractivity contribution in [3.63, 3.8) is 0 Å². The Kier molecular flexibility index (Phi) is 6.38. The average Bonchev–Trinajstić information content (AvgIpc) is 3.37. The van der Waals surface area contributed by atoms with E-state index in [1.165, 1.54) is 19.3 Å². The zero-order valence-corrected chi connectivity index (χ0v) is 19.8.